The number of aliphatic imine (C=N–C) groups is 1. The van der Waals surface area contributed by atoms with E-state index in [4.69, 9.17) is 4.74 Å². The quantitative estimate of drug-likeness (QED) is 0.413. The molecule has 164 valence electrons. The van der Waals surface area contributed by atoms with Crippen LogP contribution >= 0.6 is 0 Å². The summed E-state index contributed by atoms with van der Waals surface area (Å²) >= 11 is 0. The Hall–Kier alpha value is -1.63. The molecule has 1 atom stereocenters. The molecule has 3 N–H and O–H groups in total. The lowest BCUT2D eigenvalue weighted by Crippen LogP contribution is -2.39. The van der Waals surface area contributed by atoms with Crippen molar-refractivity contribution in [3.8, 4) is 0 Å². The van der Waals surface area contributed by atoms with Crippen molar-refractivity contribution in [2.45, 2.75) is 65.3 Å². The van der Waals surface area contributed by atoms with E-state index < -0.39 is 0 Å². The van der Waals surface area contributed by atoms with Gasteiger partial charge in [0, 0.05) is 46.4 Å². The zero-order valence-electron chi connectivity index (χ0n) is 18.7. The third-order valence-corrected chi connectivity index (χ3v) is 5.52. The van der Waals surface area contributed by atoms with Gasteiger partial charge in [-0.05, 0) is 43.2 Å². The van der Waals surface area contributed by atoms with Gasteiger partial charge in [0.15, 0.2) is 5.96 Å². The maximum absolute atomic E-state index is 9.63. The van der Waals surface area contributed by atoms with Gasteiger partial charge in [0.25, 0.3) is 0 Å². The van der Waals surface area contributed by atoms with Crippen LogP contribution in [0.25, 0.3) is 0 Å². The molecule has 29 heavy (non-hydrogen) atoms. The molecule has 0 saturated carbocycles. The van der Waals surface area contributed by atoms with Gasteiger partial charge in [0.2, 0.25) is 0 Å². The molecule has 6 nitrogen and oxygen atoms in total. The molecule has 1 aliphatic rings. The maximum atomic E-state index is 9.63. The van der Waals surface area contributed by atoms with Gasteiger partial charge in [0.05, 0.1) is 12.2 Å². The lowest BCUT2D eigenvalue weighted by atomic mass is 10.0. The first kappa shape index (κ1) is 23.6. The van der Waals surface area contributed by atoms with Crippen LogP contribution in [0.15, 0.2) is 29.3 Å². The first-order valence-electron chi connectivity index (χ1n) is 11.1. The number of likely N-dealkylation sites (tertiary alicyclic amines) is 1. The molecule has 0 radical (unpaired) electrons. The Bertz CT molecular complexity index is 595. The third kappa shape index (κ3) is 8.72. The van der Waals surface area contributed by atoms with E-state index in [0.717, 1.165) is 64.6 Å². The molecule has 1 aromatic carbocycles. The van der Waals surface area contributed by atoms with Gasteiger partial charge in [0.1, 0.15) is 0 Å². The standard InChI is InChI=1S/C23H40N4O2/c1-5-29-22(18(2)3)10-13-25-23(24-4)26-16-19-6-8-20(9-7-19)17-27-14-11-21(28)12-15-27/h6-9,18,21-22,28H,5,10-17H2,1-4H3,(H2,24,25,26). The molecule has 1 aromatic rings. The average molecular weight is 405 g/mol. The molecule has 2 rings (SSSR count). The highest BCUT2D eigenvalue weighted by atomic mass is 16.5. The number of hydrogen-bond acceptors (Lipinski definition) is 4. The zero-order valence-corrected chi connectivity index (χ0v) is 18.7. The Labute approximate surface area is 176 Å². The monoisotopic (exact) mass is 404 g/mol. The van der Waals surface area contributed by atoms with Gasteiger partial charge in [-0.1, -0.05) is 38.1 Å². The summed E-state index contributed by atoms with van der Waals surface area (Å²) in [6.45, 7) is 11.7. The Morgan fingerprint density at radius 2 is 1.83 bits per heavy atom. The van der Waals surface area contributed by atoms with Crippen molar-refractivity contribution in [2.75, 3.05) is 33.3 Å². The van der Waals surface area contributed by atoms with Gasteiger partial charge in [-0.15, -0.1) is 0 Å². The summed E-state index contributed by atoms with van der Waals surface area (Å²) < 4.78 is 5.80. The lowest BCUT2D eigenvalue weighted by Gasteiger charge is -2.29. The van der Waals surface area contributed by atoms with Crippen LogP contribution in [0.2, 0.25) is 0 Å². The molecule has 0 aliphatic carbocycles. The van der Waals surface area contributed by atoms with E-state index in [-0.39, 0.29) is 12.2 Å². The van der Waals surface area contributed by atoms with Crippen LogP contribution in [0.3, 0.4) is 0 Å². The first-order chi connectivity index (χ1) is 14.0. The fraction of sp³-hybridized carbons (Fsp3) is 0.696. The molecule has 1 aliphatic heterocycles. The average Bonchev–Trinajstić information content (AvgIpc) is 2.72. The summed E-state index contributed by atoms with van der Waals surface area (Å²) in [5, 5.41) is 16.4. The molecule has 0 aromatic heterocycles. The molecular weight excluding hydrogens is 364 g/mol. The van der Waals surface area contributed by atoms with Crippen molar-refractivity contribution >= 4 is 5.96 Å². The number of piperidine rings is 1. The number of benzene rings is 1. The zero-order chi connectivity index (χ0) is 21.1. The van der Waals surface area contributed by atoms with E-state index in [2.05, 4.69) is 58.6 Å². The summed E-state index contributed by atoms with van der Waals surface area (Å²) in [4.78, 5) is 6.73. The minimum Gasteiger partial charge on any atom is -0.393 e. The number of rotatable bonds is 10. The van der Waals surface area contributed by atoms with Gasteiger partial charge in [-0.3, -0.25) is 9.89 Å². The molecular formula is C23H40N4O2. The van der Waals surface area contributed by atoms with Gasteiger partial charge < -0.3 is 20.5 Å². The highest BCUT2D eigenvalue weighted by molar-refractivity contribution is 5.79. The fourth-order valence-electron chi connectivity index (χ4n) is 3.66. The normalized spacial score (nSPS) is 17.5. The highest BCUT2D eigenvalue weighted by Crippen LogP contribution is 2.14. The number of nitrogens with zero attached hydrogens (tertiary/aromatic N) is 2. The van der Waals surface area contributed by atoms with Crippen LogP contribution in [-0.2, 0) is 17.8 Å². The molecule has 1 saturated heterocycles. The van der Waals surface area contributed by atoms with Crippen LogP contribution in [0, 0.1) is 5.92 Å². The second kappa shape index (κ2) is 12.8. The minimum absolute atomic E-state index is 0.113. The highest BCUT2D eigenvalue weighted by Gasteiger charge is 2.16. The summed E-state index contributed by atoms with van der Waals surface area (Å²) in [6, 6.07) is 8.76. The van der Waals surface area contributed by atoms with Gasteiger partial charge in [-0.25, -0.2) is 0 Å². The SMILES string of the molecule is CCOC(CCNC(=NC)NCc1ccc(CN2CCC(O)CC2)cc1)C(C)C. The molecule has 1 heterocycles. The van der Waals surface area contributed by atoms with E-state index in [0.29, 0.717) is 5.92 Å². The first-order valence-corrected chi connectivity index (χ1v) is 11.1. The van der Waals surface area contributed by atoms with E-state index >= 15 is 0 Å². The van der Waals surface area contributed by atoms with Crippen molar-refractivity contribution < 1.29 is 9.84 Å². The Kier molecular flexibility index (Phi) is 10.5. The predicted molar refractivity (Wildman–Crippen MR) is 120 cm³/mol. The topological polar surface area (TPSA) is 69.1 Å². The van der Waals surface area contributed by atoms with Gasteiger partial charge >= 0.3 is 0 Å². The van der Waals surface area contributed by atoms with E-state index in [1.165, 1.54) is 11.1 Å². The molecule has 0 bridgehead atoms. The lowest BCUT2D eigenvalue weighted by molar-refractivity contribution is 0.0258. The summed E-state index contributed by atoms with van der Waals surface area (Å²) in [5.74, 6) is 1.33. The molecule has 0 spiro atoms. The van der Waals surface area contributed by atoms with E-state index in [9.17, 15) is 5.11 Å². The molecule has 1 unspecified atom stereocenters. The van der Waals surface area contributed by atoms with Crippen LogP contribution < -0.4 is 10.6 Å². The van der Waals surface area contributed by atoms with Crippen LogP contribution in [0.5, 0.6) is 0 Å². The van der Waals surface area contributed by atoms with Crippen LogP contribution in [-0.4, -0.2) is 61.5 Å². The van der Waals surface area contributed by atoms with E-state index in [1.54, 1.807) is 7.05 Å². The number of aliphatic hydroxyl groups is 1. The number of ether oxygens (including phenoxy) is 1. The Balaban J connectivity index is 1.72. The Morgan fingerprint density at radius 3 is 2.41 bits per heavy atom. The number of nitrogens with one attached hydrogen (secondary N) is 2. The van der Waals surface area contributed by atoms with Crippen molar-refractivity contribution in [3.05, 3.63) is 35.4 Å². The smallest absolute Gasteiger partial charge is 0.191 e. The Morgan fingerprint density at radius 1 is 1.17 bits per heavy atom. The third-order valence-electron chi connectivity index (χ3n) is 5.52. The summed E-state index contributed by atoms with van der Waals surface area (Å²) in [5.41, 5.74) is 2.56. The largest absolute Gasteiger partial charge is 0.393 e. The van der Waals surface area contributed by atoms with Gasteiger partial charge in [-0.2, -0.15) is 0 Å². The summed E-state index contributed by atoms with van der Waals surface area (Å²) in [7, 11) is 1.80. The predicted octanol–water partition coefficient (Wildman–Crippen LogP) is 2.76. The van der Waals surface area contributed by atoms with Crippen molar-refractivity contribution in [1.29, 1.82) is 0 Å². The van der Waals surface area contributed by atoms with Crippen molar-refractivity contribution in [2.24, 2.45) is 10.9 Å². The summed E-state index contributed by atoms with van der Waals surface area (Å²) in [6.07, 6.45) is 2.90. The molecule has 6 heteroatoms. The number of hydrogen-bond donors (Lipinski definition) is 3. The fourth-order valence-corrected chi connectivity index (χ4v) is 3.66. The van der Waals surface area contributed by atoms with Crippen molar-refractivity contribution in [1.82, 2.24) is 15.5 Å². The van der Waals surface area contributed by atoms with Crippen LogP contribution in [0.4, 0.5) is 0 Å². The molecule has 0 amide bonds. The second-order valence-corrected chi connectivity index (χ2v) is 8.20. The van der Waals surface area contributed by atoms with Crippen molar-refractivity contribution in [3.63, 3.8) is 0 Å². The minimum atomic E-state index is -0.113. The maximum Gasteiger partial charge on any atom is 0.191 e. The van der Waals surface area contributed by atoms with E-state index in [1.807, 2.05) is 6.92 Å². The number of guanidine groups is 1. The second-order valence-electron chi connectivity index (χ2n) is 8.20. The molecule has 1 fully saturated rings. The van der Waals surface area contributed by atoms with Crippen LogP contribution in [0.1, 0.15) is 51.2 Å². The number of aliphatic hydroxyl groups excluding tert-OH is 1.